The van der Waals surface area contributed by atoms with Crippen LogP contribution in [0.4, 0.5) is 5.69 Å². The van der Waals surface area contributed by atoms with Crippen LogP contribution in [-0.2, 0) is 4.79 Å². The van der Waals surface area contributed by atoms with Gasteiger partial charge in [0.1, 0.15) is 11.3 Å². The van der Waals surface area contributed by atoms with E-state index in [0.29, 0.717) is 23.6 Å². The van der Waals surface area contributed by atoms with Crippen molar-refractivity contribution < 1.29 is 14.3 Å². The summed E-state index contributed by atoms with van der Waals surface area (Å²) in [4.78, 5) is 23.1. The predicted octanol–water partition coefficient (Wildman–Crippen LogP) is 0.661. The fourth-order valence-electron chi connectivity index (χ4n) is 1.39. The molecule has 0 aromatic heterocycles. The number of hydrogen-bond acceptors (Lipinski definition) is 4. The van der Waals surface area contributed by atoms with Gasteiger partial charge in [-0.2, -0.15) is 0 Å². The Labute approximate surface area is 112 Å². The number of nitrogen functional groups attached to an aromatic ring is 1. The van der Waals surface area contributed by atoms with E-state index in [0.717, 1.165) is 0 Å². The van der Waals surface area contributed by atoms with Gasteiger partial charge in [0.15, 0.2) is 0 Å². The normalized spacial score (nSPS) is 10.9. The molecule has 5 N–H and O–H groups in total. The van der Waals surface area contributed by atoms with Crippen LogP contribution in [0.3, 0.4) is 0 Å². The number of nitrogens with two attached hydrogens (primary N) is 2. The zero-order chi connectivity index (χ0) is 14.6. The van der Waals surface area contributed by atoms with Crippen molar-refractivity contribution in [2.24, 2.45) is 5.73 Å². The van der Waals surface area contributed by atoms with Gasteiger partial charge < -0.3 is 21.5 Å². The van der Waals surface area contributed by atoms with Crippen molar-refractivity contribution in [1.82, 2.24) is 5.32 Å². The van der Waals surface area contributed by atoms with Crippen LogP contribution in [0, 0.1) is 0 Å². The third-order valence-corrected chi connectivity index (χ3v) is 2.61. The first kappa shape index (κ1) is 14.8. The highest BCUT2D eigenvalue weighted by Gasteiger charge is 2.27. The van der Waals surface area contributed by atoms with Crippen LogP contribution in [-0.4, -0.2) is 24.0 Å². The van der Waals surface area contributed by atoms with Gasteiger partial charge in [0.05, 0.1) is 12.3 Å². The van der Waals surface area contributed by atoms with Gasteiger partial charge in [-0.15, -0.1) is 0 Å². The Bertz CT molecular complexity index is 498. The molecule has 2 amide bonds. The fraction of sp³-hybridized carbons (Fsp3) is 0.385. The molecule has 0 atom stereocenters. The molecule has 0 saturated carbocycles. The minimum absolute atomic E-state index is 0.343. The summed E-state index contributed by atoms with van der Waals surface area (Å²) >= 11 is 0. The smallest absolute Gasteiger partial charge is 0.252 e. The number of amides is 2. The number of anilines is 1. The van der Waals surface area contributed by atoms with Crippen molar-refractivity contribution in [3.63, 3.8) is 0 Å². The summed E-state index contributed by atoms with van der Waals surface area (Å²) in [6.45, 7) is 5.40. The standard InChI is InChI=1S/C13H19N3O3/c1-4-19-10-6-5-8(7-9(10)14)11(17)16-13(2,3)12(15)18/h5-7H,4,14H2,1-3H3,(H2,15,18)(H,16,17). The zero-order valence-corrected chi connectivity index (χ0v) is 11.3. The molecule has 0 aliphatic carbocycles. The Kier molecular flexibility index (Phi) is 4.37. The number of nitrogens with one attached hydrogen (secondary N) is 1. The molecule has 0 unspecified atom stereocenters. The van der Waals surface area contributed by atoms with Gasteiger partial charge >= 0.3 is 0 Å². The first-order valence-electron chi connectivity index (χ1n) is 5.92. The van der Waals surface area contributed by atoms with E-state index in [1.807, 2.05) is 6.92 Å². The van der Waals surface area contributed by atoms with Crippen LogP contribution in [0.2, 0.25) is 0 Å². The van der Waals surface area contributed by atoms with Crippen molar-refractivity contribution in [3.05, 3.63) is 23.8 Å². The molecule has 1 rings (SSSR count). The number of ether oxygens (including phenoxy) is 1. The molecule has 0 aliphatic rings. The van der Waals surface area contributed by atoms with E-state index in [1.54, 1.807) is 12.1 Å². The Morgan fingerprint density at radius 2 is 2.00 bits per heavy atom. The lowest BCUT2D eigenvalue weighted by molar-refractivity contribution is -0.122. The second-order valence-electron chi connectivity index (χ2n) is 4.63. The average Bonchev–Trinajstić information content (AvgIpc) is 2.31. The molecule has 0 bridgehead atoms. The number of rotatable bonds is 5. The highest BCUT2D eigenvalue weighted by atomic mass is 16.5. The van der Waals surface area contributed by atoms with E-state index in [9.17, 15) is 9.59 Å². The Morgan fingerprint density at radius 3 is 2.47 bits per heavy atom. The molecule has 1 aromatic rings. The highest BCUT2D eigenvalue weighted by Crippen LogP contribution is 2.22. The van der Waals surface area contributed by atoms with Crippen LogP contribution >= 0.6 is 0 Å². The largest absolute Gasteiger partial charge is 0.492 e. The third kappa shape index (κ3) is 3.61. The van der Waals surface area contributed by atoms with E-state index in [2.05, 4.69) is 5.32 Å². The lowest BCUT2D eigenvalue weighted by Crippen LogP contribution is -2.53. The van der Waals surface area contributed by atoms with E-state index in [-0.39, 0.29) is 0 Å². The summed E-state index contributed by atoms with van der Waals surface area (Å²) < 4.78 is 5.28. The summed E-state index contributed by atoms with van der Waals surface area (Å²) in [5, 5.41) is 2.54. The summed E-state index contributed by atoms with van der Waals surface area (Å²) in [5.41, 5.74) is 10.6. The molecule has 0 radical (unpaired) electrons. The van der Waals surface area contributed by atoms with Crippen molar-refractivity contribution in [2.45, 2.75) is 26.3 Å². The van der Waals surface area contributed by atoms with Crippen LogP contribution in [0.1, 0.15) is 31.1 Å². The maximum Gasteiger partial charge on any atom is 0.252 e. The van der Waals surface area contributed by atoms with Gasteiger partial charge in [0, 0.05) is 5.56 Å². The van der Waals surface area contributed by atoms with Crippen molar-refractivity contribution in [3.8, 4) is 5.75 Å². The van der Waals surface area contributed by atoms with Gasteiger partial charge in [0.2, 0.25) is 5.91 Å². The summed E-state index contributed by atoms with van der Waals surface area (Å²) in [7, 11) is 0. The number of carbonyl (C=O) groups excluding carboxylic acids is 2. The predicted molar refractivity (Wildman–Crippen MR) is 72.8 cm³/mol. The fourth-order valence-corrected chi connectivity index (χ4v) is 1.39. The van der Waals surface area contributed by atoms with Gasteiger partial charge in [-0.3, -0.25) is 9.59 Å². The molecule has 0 heterocycles. The first-order chi connectivity index (χ1) is 8.77. The minimum atomic E-state index is -1.12. The Hall–Kier alpha value is -2.24. The molecule has 6 nitrogen and oxygen atoms in total. The zero-order valence-electron chi connectivity index (χ0n) is 11.3. The van der Waals surface area contributed by atoms with Gasteiger partial charge in [-0.25, -0.2) is 0 Å². The second kappa shape index (κ2) is 5.60. The van der Waals surface area contributed by atoms with Gasteiger partial charge in [0.25, 0.3) is 5.91 Å². The number of benzene rings is 1. The molecular weight excluding hydrogens is 246 g/mol. The second-order valence-corrected chi connectivity index (χ2v) is 4.63. The van der Waals surface area contributed by atoms with E-state index >= 15 is 0 Å². The summed E-state index contributed by atoms with van der Waals surface area (Å²) in [6.07, 6.45) is 0. The van der Waals surface area contributed by atoms with E-state index in [1.165, 1.54) is 19.9 Å². The molecular formula is C13H19N3O3. The molecule has 6 heteroatoms. The van der Waals surface area contributed by atoms with Crippen LogP contribution in [0.5, 0.6) is 5.75 Å². The van der Waals surface area contributed by atoms with Crippen LogP contribution < -0.4 is 21.5 Å². The average molecular weight is 265 g/mol. The lowest BCUT2D eigenvalue weighted by atomic mass is 10.0. The molecule has 0 spiro atoms. The topological polar surface area (TPSA) is 107 Å². The van der Waals surface area contributed by atoms with Gasteiger partial charge in [-0.1, -0.05) is 0 Å². The summed E-state index contributed by atoms with van der Waals surface area (Å²) in [5.74, 6) is -0.508. The highest BCUT2D eigenvalue weighted by molar-refractivity contribution is 5.99. The van der Waals surface area contributed by atoms with Crippen LogP contribution in [0.25, 0.3) is 0 Å². The molecule has 104 valence electrons. The monoisotopic (exact) mass is 265 g/mol. The third-order valence-electron chi connectivity index (χ3n) is 2.61. The number of primary amides is 1. The molecule has 0 aliphatic heterocycles. The van der Waals surface area contributed by atoms with Crippen molar-refractivity contribution in [1.29, 1.82) is 0 Å². The Morgan fingerprint density at radius 1 is 1.37 bits per heavy atom. The van der Waals surface area contributed by atoms with Gasteiger partial charge in [-0.05, 0) is 39.0 Å². The number of hydrogen-bond donors (Lipinski definition) is 3. The Balaban J connectivity index is 2.90. The minimum Gasteiger partial charge on any atom is -0.492 e. The van der Waals surface area contributed by atoms with Crippen molar-refractivity contribution >= 4 is 17.5 Å². The quantitative estimate of drug-likeness (QED) is 0.680. The molecule has 19 heavy (non-hydrogen) atoms. The maximum absolute atomic E-state index is 12.0. The summed E-state index contributed by atoms with van der Waals surface area (Å²) in [6, 6.07) is 4.69. The lowest BCUT2D eigenvalue weighted by Gasteiger charge is -2.22. The van der Waals surface area contributed by atoms with E-state index in [4.69, 9.17) is 16.2 Å². The van der Waals surface area contributed by atoms with Crippen LogP contribution in [0.15, 0.2) is 18.2 Å². The van der Waals surface area contributed by atoms with E-state index < -0.39 is 17.4 Å². The SMILES string of the molecule is CCOc1ccc(C(=O)NC(C)(C)C(N)=O)cc1N. The maximum atomic E-state index is 12.0. The molecule has 0 fully saturated rings. The first-order valence-corrected chi connectivity index (χ1v) is 5.92. The molecule has 0 saturated heterocycles. The number of carbonyl (C=O) groups is 2. The molecule has 1 aromatic carbocycles. The van der Waals surface area contributed by atoms with Crippen molar-refractivity contribution in [2.75, 3.05) is 12.3 Å².